The van der Waals surface area contributed by atoms with Crippen molar-refractivity contribution in [2.45, 2.75) is 30.9 Å². The van der Waals surface area contributed by atoms with Crippen molar-refractivity contribution in [1.82, 2.24) is 0 Å². The fourth-order valence-electron chi connectivity index (χ4n) is 3.83. The smallest absolute Gasteiger partial charge is 0.123 e. The van der Waals surface area contributed by atoms with Gasteiger partial charge in [-0.1, -0.05) is 18.2 Å². The number of nitrogens with two attached hydrogens (primary N) is 1. The molecule has 2 nitrogen and oxygen atoms in total. The van der Waals surface area contributed by atoms with Gasteiger partial charge in [0.05, 0.1) is 4.75 Å². The van der Waals surface area contributed by atoms with Crippen LogP contribution in [0.15, 0.2) is 63.3 Å². The van der Waals surface area contributed by atoms with Crippen LogP contribution in [0.5, 0.6) is 0 Å². The molecule has 4 heteroatoms. The predicted molar refractivity (Wildman–Crippen MR) is 102 cm³/mol. The topological polar surface area (TPSA) is 38.4 Å². The van der Waals surface area contributed by atoms with Crippen molar-refractivity contribution in [2.75, 3.05) is 13.3 Å². The fourth-order valence-corrected chi connectivity index (χ4v) is 4.90. The van der Waals surface area contributed by atoms with Crippen LogP contribution < -0.4 is 5.73 Å². The molecule has 0 aromatic heterocycles. The highest BCUT2D eigenvalue weighted by atomic mass is 32.2. The second-order valence-corrected chi connectivity index (χ2v) is 7.41. The molecule has 0 saturated carbocycles. The molecule has 0 aliphatic heterocycles. The fraction of sp³-hybridized carbons (Fsp3) is 0.350. The quantitative estimate of drug-likeness (QED) is 0.806. The van der Waals surface area contributed by atoms with Gasteiger partial charge in [-0.15, -0.1) is 11.8 Å². The molecular formula is C20H23FN2S. The average Bonchev–Trinajstić information content (AvgIpc) is 2.59. The molecule has 0 amide bonds. The third kappa shape index (κ3) is 2.63. The summed E-state index contributed by atoms with van der Waals surface area (Å²) in [6.07, 6.45) is 8.99. The molecule has 0 saturated heterocycles. The van der Waals surface area contributed by atoms with Crippen molar-refractivity contribution in [2.24, 2.45) is 10.7 Å². The third-order valence-corrected chi connectivity index (χ3v) is 6.40. The Labute approximate surface area is 147 Å². The van der Waals surface area contributed by atoms with Crippen LogP contribution >= 0.6 is 11.8 Å². The van der Waals surface area contributed by atoms with Crippen LogP contribution in [0, 0.1) is 5.82 Å². The van der Waals surface area contributed by atoms with Gasteiger partial charge in [-0.25, -0.2) is 4.39 Å². The Hall–Kier alpha value is -1.81. The molecule has 1 aromatic carbocycles. The van der Waals surface area contributed by atoms with Gasteiger partial charge in [-0.2, -0.15) is 0 Å². The molecule has 1 atom stereocenters. The van der Waals surface area contributed by atoms with Gasteiger partial charge in [0.15, 0.2) is 0 Å². The molecule has 0 bridgehead atoms. The van der Waals surface area contributed by atoms with E-state index in [1.165, 1.54) is 16.7 Å². The van der Waals surface area contributed by atoms with Crippen LogP contribution in [0.25, 0.3) is 0 Å². The summed E-state index contributed by atoms with van der Waals surface area (Å²) in [6, 6.07) is 6.95. The van der Waals surface area contributed by atoms with E-state index in [1.807, 2.05) is 30.1 Å². The normalized spacial score (nSPS) is 24.4. The SMILES string of the molecule is CN=CC1=C(N)CCC2=C1C(C)=CCC2(SC)c1ccc(F)cc1. The lowest BCUT2D eigenvalue weighted by atomic mass is 9.72. The van der Waals surface area contributed by atoms with E-state index in [9.17, 15) is 4.39 Å². The molecule has 0 spiro atoms. The minimum Gasteiger partial charge on any atom is -0.401 e. The first-order chi connectivity index (χ1) is 11.5. The number of halogens is 1. The number of thioether (sulfide) groups is 1. The Morgan fingerprint density at radius 1 is 1.25 bits per heavy atom. The predicted octanol–water partition coefficient (Wildman–Crippen LogP) is 4.74. The molecule has 24 heavy (non-hydrogen) atoms. The van der Waals surface area contributed by atoms with E-state index < -0.39 is 0 Å². The van der Waals surface area contributed by atoms with Crippen LogP contribution in [-0.2, 0) is 4.75 Å². The minimum absolute atomic E-state index is 0.157. The van der Waals surface area contributed by atoms with Crippen molar-refractivity contribution < 1.29 is 4.39 Å². The van der Waals surface area contributed by atoms with Gasteiger partial charge in [0, 0.05) is 24.5 Å². The van der Waals surface area contributed by atoms with Crippen LogP contribution in [0.4, 0.5) is 4.39 Å². The largest absolute Gasteiger partial charge is 0.401 e. The molecule has 2 aliphatic carbocycles. The molecule has 126 valence electrons. The van der Waals surface area contributed by atoms with Gasteiger partial charge in [0.25, 0.3) is 0 Å². The summed E-state index contributed by atoms with van der Waals surface area (Å²) >= 11 is 1.83. The molecule has 0 heterocycles. The Bertz CT molecular complexity index is 771. The summed E-state index contributed by atoms with van der Waals surface area (Å²) in [4.78, 5) is 4.21. The summed E-state index contributed by atoms with van der Waals surface area (Å²) < 4.78 is 13.3. The molecule has 2 N–H and O–H groups in total. The van der Waals surface area contributed by atoms with Crippen molar-refractivity contribution in [3.63, 3.8) is 0 Å². The van der Waals surface area contributed by atoms with E-state index in [-0.39, 0.29) is 10.6 Å². The maximum atomic E-state index is 13.4. The Kier molecular flexibility index (Phi) is 4.68. The lowest BCUT2D eigenvalue weighted by Gasteiger charge is -2.42. The van der Waals surface area contributed by atoms with Gasteiger partial charge in [-0.3, -0.25) is 4.99 Å². The van der Waals surface area contributed by atoms with E-state index in [0.717, 1.165) is 36.1 Å². The molecule has 1 unspecified atom stereocenters. The summed E-state index contributed by atoms with van der Waals surface area (Å²) in [5, 5.41) is 0. The van der Waals surface area contributed by atoms with Crippen LogP contribution in [0.3, 0.4) is 0 Å². The van der Waals surface area contributed by atoms with Crippen molar-refractivity contribution >= 4 is 18.0 Å². The molecular weight excluding hydrogens is 319 g/mol. The van der Waals surface area contributed by atoms with E-state index in [1.54, 1.807) is 19.2 Å². The number of aliphatic imine (C=N–C) groups is 1. The van der Waals surface area contributed by atoms with Gasteiger partial charge >= 0.3 is 0 Å². The van der Waals surface area contributed by atoms with Crippen LogP contribution in [-0.4, -0.2) is 19.5 Å². The number of hydrogen-bond acceptors (Lipinski definition) is 3. The maximum absolute atomic E-state index is 13.4. The molecule has 0 fully saturated rings. The summed E-state index contributed by atoms with van der Waals surface area (Å²) in [6.45, 7) is 2.15. The zero-order chi connectivity index (χ0) is 17.3. The lowest BCUT2D eigenvalue weighted by molar-refractivity contribution is 0.620. The number of rotatable bonds is 3. The lowest BCUT2D eigenvalue weighted by Crippen LogP contribution is -2.31. The Morgan fingerprint density at radius 3 is 2.58 bits per heavy atom. The van der Waals surface area contributed by atoms with Gasteiger partial charge in [0.2, 0.25) is 0 Å². The number of allylic oxidation sites excluding steroid dienone is 5. The van der Waals surface area contributed by atoms with Crippen LogP contribution in [0.2, 0.25) is 0 Å². The standard InChI is InChI=1S/C20H23FN2S/c1-13-10-11-20(24-3,14-4-6-15(21)7-5-14)17-8-9-18(22)16(12-23-2)19(13)17/h4-7,10,12H,8-9,11,22H2,1-3H3. The summed E-state index contributed by atoms with van der Waals surface area (Å²) in [7, 11) is 1.78. The second-order valence-electron chi connectivity index (χ2n) is 6.31. The highest BCUT2D eigenvalue weighted by Crippen LogP contribution is 2.54. The summed E-state index contributed by atoms with van der Waals surface area (Å²) in [5.74, 6) is -0.196. The maximum Gasteiger partial charge on any atom is 0.123 e. The first-order valence-corrected chi connectivity index (χ1v) is 9.39. The van der Waals surface area contributed by atoms with Gasteiger partial charge in [0.1, 0.15) is 5.82 Å². The van der Waals surface area contributed by atoms with E-state index >= 15 is 0 Å². The monoisotopic (exact) mass is 342 g/mol. The molecule has 1 aromatic rings. The van der Waals surface area contributed by atoms with Crippen molar-refractivity contribution in [3.05, 3.63) is 69.7 Å². The van der Waals surface area contributed by atoms with Gasteiger partial charge < -0.3 is 5.73 Å². The number of nitrogens with zero attached hydrogens (tertiary/aromatic N) is 1. The minimum atomic E-state index is -0.196. The van der Waals surface area contributed by atoms with Crippen molar-refractivity contribution in [1.29, 1.82) is 0 Å². The number of hydrogen-bond donors (Lipinski definition) is 1. The zero-order valence-corrected chi connectivity index (χ0v) is 15.2. The first kappa shape index (κ1) is 17.0. The highest BCUT2D eigenvalue weighted by molar-refractivity contribution is 7.99. The second kappa shape index (κ2) is 6.60. The van der Waals surface area contributed by atoms with E-state index in [4.69, 9.17) is 5.73 Å². The van der Waals surface area contributed by atoms with E-state index in [0.29, 0.717) is 0 Å². The average molecular weight is 342 g/mol. The van der Waals surface area contributed by atoms with E-state index in [2.05, 4.69) is 24.2 Å². The highest BCUT2D eigenvalue weighted by Gasteiger charge is 2.41. The van der Waals surface area contributed by atoms with Gasteiger partial charge in [-0.05, 0) is 66.9 Å². The number of benzene rings is 1. The molecule has 3 rings (SSSR count). The first-order valence-electron chi connectivity index (χ1n) is 8.16. The van der Waals surface area contributed by atoms with Crippen molar-refractivity contribution in [3.8, 4) is 0 Å². The Balaban J connectivity index is 2.23. The van der Waals surface area contributed by atoms with Crippen LogP contribution in [0.1, 0.15) is 31.7 Å². The third-order valence-electron chi connectivity index (χ3n) is 5.06. The zero-order valence-electron chi connectivity index (χ0n) is 14.4. The summed E-state index contributed by atoms with van der Waals surface area (Å²) in [5.41, 5.74) is 13.3. The Morgan fingerprint density at radius 2 is 1.96 bits per heavy atom. The molecule has 0 radical (unpaired) electrons. The molecule has 2 aliphatic rings.